The highest BCUT2D eigenvalue weighted by molar-refractivity contribution is 7.90. The van der Waals surface area contributed by atoms with Crippen molar-refractivity contribution in [2.75, 3.05) is 6.26 Å². The smallest absolute Gasteiger partial charge is 0.339 e. The molecule has 0 amide bonds. The maximum absolute atomic E-state index is 12.1. The van der Waals surface area contributed by atoms with E-state index in [0.29, 0.717) is 16.7 Å². The van der Waals surface area contributed by atoms with Crippen molar-refractivity contribution < 1.29 is 23.1 Å². The molecule has 0 spiro atoms. The molecule has 0 radical (unpaired) electrons. The lowest BCUT2D eigenvalue weighted by atomic mass is 10.0. The van der Waals surface area contributed by atoms with Gasteiger partial charge in [0.15, 0.2) is 15.9 Å². The maximum Gasteiger partial charge on any atom is 0.339 e. The summed E-state index contributed by atoms with van der Waals surface area (Å²) in [7, 11) is -3.38. The van der Waals surface area contributed by atoms with Gasteiger partial charge in [0.1, 0.15) is 6.61 Å². The lowest BCUT2D eigenvalue weighted by molar-refractivity contribution is -0.155. The van der Waals surface area contributed by atoms with Crippen LogP contribution < -0.4 is 0 Å². The van der Waals surface area contributed by atoms with Gasteiger partial charge in [0.2, 0.25) is 0 Å². The Bertz CT molecular complexity index is 1060. The van der Waals surface area contributed by atoms with E-state index in [1.165, 1.54) is 0 Å². The summed E-state index contributed by atoms with van der Waals surface area (Å²) in [6, 6.07) is 22.4. The molecule has 6 heteroatoms. The molecular formula is C22H20O5S. The fourth-order valence-corrected chi connectivity index (χ4v) is 3.73. The van der Waals surface area contributed by atoms with Crippen LogP contribution in [0.2, 0.25) is 0 Å². The summed E-state index contributed by atoms with van der Waals surface area (Å²) in [6.07, 6.45) is -0.255. The first kappa shape index (κ1) is 19.8. The standard InChI is InChI=1S/C22H20O5S/c1-28(25,26)20-10-6-5-9-19(20)17-11-13-18(14-12-17)21(23)22(24)27-15-16-7-3-2-4-8-16/h2-14,21,23H,15H2,1H3. The van der Waals surface area contributed by atoms with E-state index in [2.05, 4.69) is 0 Å². The van der Waals surface area contributed by atoms with E-state index in [4.69, 9.17) is 4.74 Å². The minimum absolute atomic E-state index is 0.0799. The van der Waals surface area contributed by atoms with Crippen molar-refractivity contribution in [2.45, 2.75) is 17.6 Å². The van der Waals surface area contributed by atoms with Crippen LogP contribution in [0, 0.1) is 0 Å². The summed E-state index contributed by atoms with van der Waals surface area (Å²) in [5.41, 5.74) is 2.45. The highest BCUT2D eigenvalue weighted by Gasteiger charge is 2.20. The molecule has 3 aromatic rings. The van der Waals surface area contributed by atoms with Gasteiger partial charge in [-0.15, -0.1) is 0 Å². The Balaban J connectivity index is 1.75. The number of aliphatic hydroxyl groups is 1. The van der Waals surface area contributed by atoms with Gasteiger partial charge in [0.25, 0.3) is 0 Å². The van der Waals surface area contributed by atoms with E-state index in [1.54, 1.807) is 48.5 Å². The Morgan fingerprint density at radius 3 is 2.18 bits per heavy atom. The van der Waals surface area contributed by atoms with Crippen LogP contribution in [0.5, 0.6) is 0 Å². The number of carbonyl (C=O) groups excluding carboxylic acids is 1. The molecule has 3 aromatic carbocycles. The van der Waals surface area contributed by atoms with Gasteiger partial charge < -0.3 is 9.84 Å². The second-order valence-electron chi connectivity index (χ2n) is 6.39. The fourth-order valence-electron chi connectivity index (χ4n) is 2.82. The number of carbonyl (C=O) groups is 1. The molecule has 0 bridgehead atoms. The molecule has 1 unspecified atom stereocenters. The summed E-state index contributed by atoms with van der Waals surface area (Å²) in [4.78, 5) is 12.3. The van der Waals surface area contributed by atoms with Crippen LogP contribution in [0.3, 0.4) is 0 Å². The van der Waals surface area contributed by atoms with Crippen molar-refractivity contribution >= 4 is 15.8 Å². The predicted octanol–water partition coefficient (Wildman–Crippen LogP) is 3.53. The monoisotopic (exact) mass is 396 g/mol. The highest BCUT2D eigenvalue weighted by atomic mass is 32.2. The first-order chi connectivity index (χ1) is 13.4. The van der Waals surface area contributed by atoms with Gasteiger partial charge in [0, 0.05) is 11.8 Å². The minimum Gasteiger partial charge on any atom is -0.459 e. The molecule has 0 saturated carbocycles. The van der Waals surface area contributed by atoms with Gasteiger partial charge in [-0.3, -0.25) is 0 Å². The molecule has 0 saturated heterocycles. The number of ether oxygens (including phenoxy) is 1. The molecule has 0 aliphatic carbocycles. The summed E-state index contributed by atoms with van der Waals surface area (Å²) in [5.74, 6) is -0.742. The molecule has 1 atom stereocenters. The molecule has 0 aromatic heterocycles. The minimum atomic E-state index is -3.38. The zero-order valence-electron chi connectivity index (χ0n) is 15.3. The molecule has 5 nitrogen and oxygen atoms in total. The van der Waals surface area contributed by atoms with Gasteiger partial charge >= 0.3 is 5.97 Å². The lowest BCUT2D eigenvalue weighted by Crippen LogP contribution is -2.15. The van der Waals surface area contributed by atoms with Gasteiger partial charge in [-0.2, -0.15) is 0 Å². The van der Waals surface area contributed by atoms with Crippen LogP contribution >= 0.6 is 0 Å². The zero-order chi connectivity index (χ0) is 20.1. The Morgan fingerprint density at radius 2 is 1.54 bits per heavy atom. The van der Waals surface area contributed by atoms with Crippen molar-refractivity contribution in [2.24, 2.45) is 0 Å². The van der Waals surface area contributed by atoms with Crippen molar-refractivity contribution in [1.29, 1.82) is 0 Å². The SMILES string of the molecule is CS(=O)(=O)c1ccccc1-c1ccc(C(O)C(=O)OCc2ccccc2)cc1. The van der Waals surface area contributed by atoms with Gasteiger partial charge in [0.05, 0.1) is 4.90 Å². The molecule has 144 valence electrons. The quantitative estimate of drug-likeness (QED) is 0.645. The van der Waals surface area contributed by atoms with Crippen LogP contribution in [0.4, 0.5) is 0 Å². The number of sulfone groups is 1. The zero-order valence-corrected chi connectivity index (χ0v) is 16.1. The summed E-state index contributed by atoms with van der Waals surface area (Å²) >= 11 is 0. The predicted molar refractivity (Wildman–Crippen MR) is 106 cm³/mol. The van der Waals surface area contributed by atoms with Crippen LogP contribution in [0.1, 0.15) is 17.2 Å². The number of benzene rings is 3. The van der Waals surface area contributed by atoms with Gasteiger partial charge in [-0.05, 0) is 22.8 Å². The fraction of sp³-hybridized carbons (Fsp3) is 0.136. The number of esters is 1. The normalized spacial score (nSPS) is 12.4. The summed E-state index contributed by atoms with van der Waals surface area (Å²) in [6.45, 7) is 0.0799. The Hall–Kier alpha value is -2.96. The first-order valence-electron chi connectivity index (χ1n) is 8.64. The first-order valence-corrected chi connectivity index (χ1v) is 10.5. The van der Waals surface area contributed by atoms with Crippen molar-refractivity contribution in [3.63, 3.8) is 0 Å². The van der Waals surface area contributed by atoms with E-state index in [9.17, 15) is 18.3 Å². The average molecular weight is 396 g/mol. The summed E-state index contributed by atoms with van der Waals surface area (Å²) < 4.78 is 29.1. The van der Waals surface area contributed by atoms with E-state index in [1.807, 2.05) is 30.3 Å². The van der Waals surface area contributed by atoms with E-state index >= 15 is 0 Å². The summed E-state index contributed by atoms with van der Waals surface area (Å²) in [5, 5.41) is 10.2. The third-order valence-electron chi connectivity index (χ3n) is 4.27. The van der Waals surface area contributed by atoms with E-state index in [-0.39, 0.29) is 11.5 Å². The van der Waals surface area contributed by atoms with Crippen molar-refractivity contribution in [3.05, 3.63) is 90.0 Å². The largest absolute Gasteiger partial charge is 0.459 e. The van der Waals surface area contributed by atoms with Crippen molar-refractivity contribution in [3.8, 4) is 11.1 Å². The van der Waals surface area contributed by atoms with Crippen molar-refractivity contribution in [1.82, 2.24) is 0 Å². The van der Waals surface area contributed by atoms with E-state index in [0.717, 1.165) is 11.8 Å². The van der Waals surface area contributed by atoms with E-state index < -0.39 is 21.9 Å². The number of aliphatic hydroxyl groups excluding tert-OH is 1. The van der Waals surface area contributed by atoms with Gasteiger partial charge in [-0.1, -0.05) is 72.8 Å². The molecule has 28 heavy (non-hydrogen) atoms. The Morgan fingerprint density at radius 1 is 0.929 bits per heavy atom. The molecule has 1 N–H and O–H groups in total. The van der Waals surface area contributed by atoms with Crippen LogP contribution in [-0.4, -0.2) is 25.7 Å². The molecule has 0 fully saturated rings. The molecule has 0 aliphatic rings. The molecule has 3 rings (SSSR count). The molecular weight excluding hydrogens is 376 g/mol. The molecule has 0 heterocycles. The topological polar surface area (TPSA) is 80.7 Å². The van der Waals surface area contributed by atoms with Crippen LogP contribution in [0.15, 0.2) is 83.8 Å². The average Bonchev–Trinajstić information content (AvgIpc) is 2.72. The third kappa shape index (κ3) is 4.65. The highest BCUT2D eigenvalue weighted by Crippen LogP contribution is 2.28. The van der Waals surface area contributed by atoms with Crippen LogP contribution in [0.25, 0.3) is 11.1 Å². The maximum atomic E-state index is 12.1. The Kier molecular flexibility index (Phi) is 5.92. The Labute approximate surface area is 164 Å². The van der Waals surface area contributed by atoms with Crippen LogP contribution in [-0.2, 0) is 26.0 Å². The van der Waals surface area contributed by atoms with Gasteiger partial charge in [-0.25, -0.2) is 13.2 Å². The second-order valence-corrected chi connectivity index (χ2v) is 8.37. The number of hydrogen-bond donors (Lipinski definition) is 1. The molecule has 0 aliphatic heterocycles. The second kappa shape index (κ2) is 8.37. The number of hydrogen-bond acceptors (Lipinski definition) is 5. The third-order valence-corrected chi connectivity index (χ3v) is 5.43. The number of rotatable bonds is 6. The lowest BCUT2D eigenvalue weighted by Gasteiger charge is -2.13.